The van der Waals surface area contributed by atoms with Crippen LogP contribution in [0.15, 0.2) is 5.11 Å². The van der Waals surface area contributed by atoms with Gasteiger partial charge < -0.3 is 9.84 Å². The Bertz CT molecular complexity index is 285. The first kappa shape index (κ1) is 12.6. The van der Waals surface area contributed by atoms with Crippen molar-refractivity contribution in [2.75, 3.05) is 7.11 Å². The second-order valence-electron chi connectivity index (χ2n) is 2.39. The summed E-state index contributed by atoms with van der Waals surface area (Å²) in [6.45, 7) is 0. The molecule has 0 aliphatic rings. The molecule has 78 valence electrons. The Morgan fingerprint density at radius 3 is 2.64 bits per heavy atom. The summed E-state index contributed by atoms with van der Waals surface area (Å²) in [7, 11) is 1.18. The van der Waals surface area contributed by atoms with Crippen LogP contribution >= 0.6 is 12.6 Å². The Morgan fingerprint density at radius 1 is 1.71 bits per heavy atom. The molecule has 0 fully saturated rings. The summed E-state index contributed by atoms with van der Waals surface area (Å²) in [6.07, 6.45) is -0.395. The van der Waals surface area contributed by atoms with Crippen molar-refractivity contribution in [2.24, 2.45) is 5.11 Å². The molecule has 0 heterocycles. The highest BCUT2D eigenvalue weighted by molar-refractivity contribution is 7.82. The highest BCUT2D eigenvalue weighted by atomic mass is 32.1. The van der Waals surface area contributed by atoms with E-state index in [-0.39, 0.29) is 12.8 Å². The molecule has 0 aliphatic heterocycles. The van der Waals surface area contributed by atoms with Crippen LogP contribution in [0.25, 0.3) is 10.4 Å². The molecule has 1 N–H and O–H groups in total. The molecule has 1 unspecified atom stereocenters. The van der Waals surface area contributed by atoms with Crippen molar-refractivity contribution < 1.29 is 19.4 Å². The summed E-state index contributed by atoms with van der Waals surface area (Å²) < 4.78 is 4.30. The van der Waals surface area contributed by atoms with Crippen LogP contribution in [0.1, 0.15) is 12.8 Å². The molecule has 0 amide bonds. The standard InChI is InChI=1S/C6H9N3O4S/c1-13-4(10)2-3-6(14,5(11)12)8-9-7/h14H,2-3H2,1H3,(H,11,12). The third kappa shape index (κ3) is 3.55. The lowest BCUT2D eigenvalue weighted by Crippen LogP contribution is -2.30. The monoisotopic (exact) mass is 219 g/mol. The number of hydrogen-bond donors (Lipinski definition) is 2. The average molecular weight is 219 g/mol. The van der Waals surface area contributed by atoms with E-state index < -0.39 is 16.8 Å². The van der Waals surface area contributed by atoms with Gasteiger partial charge in [-0.25, -0.2) is 0 Å². The van der Waals surface area contributed by atoms with Gasteiger partial charge in [-0.05, 0) is 12.0 Å². The minimum absolute atomic E-state index is 0.175. The van der Waals surface area contributed by atoms with Gasteiger partial charge in [-0.1, -0.05) is 5.11 Å². The van der Waals surface area contributed by atoms with E-state index in [1.807, 2.05) is 0 Å². The van der Waals surface area contributed by atoms with Crippen LogP contribution in [-0.2, 0) is 14.3 Å². The van der Waals surface area contributed by atoms with Crippen molar-refractivity contribution in [3.63, 3.8) is 0 Å². The molecule has 8 heteroatoms. The number of nitrogens with zero attached hydrogens (tertiary/aromatic N) is 3. The molecule has 7 nitrogen and oxygen atoms in total. The number of carboxylic acids is 1. The van der Waals surface area contributed by atoms with Gasteiger partial charge in [0, 0.05) is 11.3 Å². The van der Waals surface area contributed by atoms with Gasteiger partial charge in [-0.2, -0.15) is 12.6 Å². The third-order valence-corrected chi connectivity index (χ3v) is 1.96. The molecule has 0 saturated carbocycles. The maximum absolute atomic E-state index is 10.7. The number of carboxylic acid groups (broad SMARTS) is 1. The largest absolute Gasteiger partial charge is 0.480 e. The van der Waals surface area contributed by atoms with Crippen molar-refractivity contribution in [3.05, 3.63) is 10.4 Å². The molecule has 14 heavy (non-hydrogen) atoms. The summed E-state index contributed by atoms with van der Waals surface area (Å²) in [6, 6.07) is 0. The lowest BCUT2D eigenvalue weighted by molar-refractivity contribution is -0.142. The molecule has 0 rings (SSSR count). The molecular formula is C6H9N3O4S. The van der Waals surface area contributed by atoms with E-state index in [2.05, 4.69) is 27.4 Å². The zero-order chi connectivity index (χ0) is 11.2. The zero-order valence-electron chi connectivity index (χ0n) is 7.38. The van der Waals surface area contributed by atoms with E-state index in [9.17, 15) is 9.59 Å². The smallest absolute Gasteiger partial charge is 0.325 e. The van der Waals surface area contributed by atoms with E-state index in [4.69, 9.17) is 10.6 Å². The number of azide groups is 1. The van der Waals surface area contributed by atoms with Crippen molar-refractivity contribution in [2.45, 2.75) is 17.7 Å². The molecule has 0 radical (unpaired) electrons. The zero-order valence-corrected chi connectivity index (χ0v) is 8.27. The summed E-state index contributed by atoms with van der Waals surface area (Å²) in [5, 5.41) is 11.7. The van der Waals surface area contributed by atoms with Gasteiger partial charge in [0.15, 0.2) is 4.87 Å². The molecule has 0 aromatic heterocycles. The molecule has 1 atom stereocenters. The van der Waals surface area contributed by atoms with E-state index in [0.29, 0.717) is 0 Å². The van der Waals surface area contributed by atoms with Gasteiger partial charge in [0.2, 0.25) is 0 Å². The maximum atomic E-state index is 10.7. The second kappa shape index (κ2) is 5.36. The van der Waals surface area contributed by atoms with Crippen molar-refractivity contribution in [1.82, 2.24) is 0 Å². The van der Waals surface area contributed by atoms with Crippen molar-refractivity contribution in [1.29, 1.82) is 0 Å². The lowest BCUT2D eigenvalue weighted by atomic mass is 10.1. The van der Waals surface area contributed by atoms with Crippen LogP contribution in [-0.4, -0.2) is 29.0 Å². The first-order valence-electron chi connectivity index (χ1n) is 3.55. The summed E-state index contributed by atoms with van der Waals surface area (Å²) in [5.74, 6) is -1.99. The molecule has 0 saturated heterocycles. The number of methoxy groups -OCH3 is 1. The Labute approximate surface area is 85.1 Å². The van der Waals surface area contributed by atoms with Gasteiger partial charge in [-0.15, -0.1) is 0 Å². The average Bonchev–Trinajstić information content (AvgIpc) is 2.14. The van der Waals surface area contributed by atoms with Crippen LogP contribution < -0.4 is 0 Å². The number of carbonyl (C=O) groups is 2. The molecular weight excluding hydrogens is 210 g/mol. The number of rotatable bonds is 5. The van der Waals surface area contributed by atoms with E-state index in [1.165, 1.54) is 7.11 Å². The Balaban J connectivity index is 4.46. The van der Waals surface area contributed by atoms with Crippen LogP contribution in [0.3, 0.4) is 0 Å². The SMILES string of the molecule is COC(=O)CCC(S)(N=[N+]=[N-])C(=O)O. The molecule has 0 bridgehead atoms. The summed E-state index contributed by atoms with van der Waals surface area (Å²) in [5.41, 5.74) is 8.10. The van der Waals surface area contributed by atoms with Gasteiger partial charge >= 0.3 is 11.9 Å². The van der Waals surface area contributed by atoms with Crippen LogP contribution in [0.2, 0.25) is 0 Å². The number of hydrogen-bond acceptors (Lipinski definition) is 5. The maximum Gasteiger partial charge on any atom is 0.325 e. The summed E-state index contributed by atoms with van der Waals surface area (Å²) >= 11 is 3.68. The molecule has 0 aliphatic carbocycles. The van der Waals surface area contributed by atoms with Crippen LogP contribution in [0.5, 0.6) is 0 Å². The normalized spacial score (nSPS) is 13.6. The minimum atomic E-state index is -1.90. The van der Waals surface area contributed by atoms with Gasteiger partial charge in [0.25, 0.3) is 0 Å². The number of aliphatic carboxylic acids is 1. The third-order valence-electron chi connectivity index (χ3n) is 1.46. The Morgan fingerprint density at radius 2 is 2.29 bits per heavy atom. The van der Waals surface area contributed by atoms with Crippen LogP contribution in [0, 0.1) is 0 Å². The second-order valence-corrected chi connectivity index (χ2v) is 3.13. The highest BCUT2D eigenvalue weighted by Gasteiger charge is 2.33. The Hall–Kier alpha value is -1.40. The van der Waals surface area contributed by atoms with Gasteiger partial charge in [0.05, 0.1) is 7.11 Å². The van der Waals surface area contributed by atoms with Crippen LogP contribution in [0.4, 0.5) is 0 Å². The van der Waals surface area contributed by atoms with E-state index in [0.717, 1.165) is 0 Å². The predicted molar refractivity (Wildman–Crippen MR) is 49.7 cm³/mol. The van der Waals surface area contributed by atoms with Gasteiger partial charge in [0.1, 0.15) is 0 Å². The first-order valence-corrected chi connectivity index (χ1v) is 4.00. The number of thiol groups is 1. The fourth-order valence-corrected chi connectivity index (χ4v) is 0.804. The van der Waals surface area contributed by atoms with E-state index >= 15 is 0 Å². The highest BCUT2D eigenvalue weighted by Crippen LogP contribution is 2.23. The fraction of sp³-hybridized carbons (Fsp3) is 0.667. The predicted octanol–water partition coefficient (Wildman–Crippen LogP) is 0.961. The van der Waals surface area contributed by atoms with Gasteiger partial charge in [-0.3, -0.25) is 9.59 Å². The number of ether oxygens (including phenoxy) is 1. The minimum Gasteiger partial charge on any atom is -0.480 e. The number of carbonyl (C=O) groups excluding carboxylic acids is 1. The molecule has 0 spiro atoms. The van der Waals surface area contributed by atoms with E-state index in [1.54, 1.807) is 0 Å². The topological polar surface area (TPSA) is 112 Å². The molecule has 0 aromatic rings. The van der Waals surface area contributed by atoms with Crippen molar-refractivity contribution >= 4 is 24.6 Å². The lowest BCUT2D eigenvalue weighted by Gasteiger charge is -2.15. The quantitative estimate of drug-likeness (QED) is 0.236. The first-order chi connectivity index (χ1) is 6.46. The number of esters is 1. The molecule has 0 aromatic carbocycles. The summed E-state index contributed by atoms with van der Waals surface area (Å²) in [4.78, 5) is 21.8. The Kier molecular flexibility index (Phi) is 4.82. The fourth-order valence-electron chi connectivity index (χ4n) is 0.652. The van der Waals surface area contributed by atoms with Crippen molar-refractivity contribution in [3.8, 4) is 0 Å².